The summed E-state index contributed by atoms with van der Waals surface area (Å²) in [6.07, 6.45) is 1.17. The Bertz CT molecular complexity index is 476. The minimum atomic E-state index is 0.515. The van der Waals surface area contributed by atoms with Crippen LogP contribution in [-0.4, -0.2) is 52.9 Å². The molecule has 1 N–H and O–H groups in total. The number of hydrogen-bond acceptors (Lipinski definition) is 5. The van der Waals surface area contributed by atoms with Crippen LogP contribution in [-0.2, 0) is 6.54 Å². The van der Waals surface area contributed by atoms with Crippen LogP contribution in [0.1, 0.15) is 25.8 Å². The van der Waals surface area contributed by atoms with Crippen molar-refractivity contribution in [3.8, 4) is 17.2 Å². The van der Waals surface area contributed by atoms with E-state index in [1.54, 1.807) is 21.3 Å². The van der Waals surface area contributed by atoms with Gasteiger partial charge in [0.05, 0.1) is 21.3 Å². The van der Waals surface area contributed by atoms with Gasteiger partial charge >= 0.3 is 0 Å². The fourth-order valence-electron chi connectivity index (χ4n) is 2.70. The third-order valence-corrected chi connectivity index (χ3v) is 3.95. The quantitative estimate of drug-likeness (QED) is 0.717. The molecule has 0 spiro atoms. The Kier molecular flexibility index (Phi) is 8.20. The molecule has 5 heteroatoms. The van der Waals surface area contributed by atoms with Crippen molar-refractivity contribution in [2.24, 2.45) is 5.92 Å². The summed E-state index contributed by atoms with van der Waals surface area (Å²) in [4.78, 5) is 2.28. The first-order chi connectivity index (χ1) is 10.9. The van der Waals surface area contributed by atoms with Gasteiger partial charge in [0.25, 0.3) is 0 Å². The molecule has 0 aliphatic carbocycles. The number of nitrogens with zero attached hydrogens (tertiary/aromatic N) is 1. The number of hydrogen-bond donors (Lipinski definition) is 1. The maximum absolute atomic E-state index is 5.52. The van der Waals surface area contributed by atoms with Gasteiger partial charge < -0.3 is 24.4 Å². The number of ether oxygens (including phenoxy) is 3. The van der Waals surface area contributed by atoms with E-state index in [1.165, 1.54) is 6.42 Å². The smallest absolute Gasteiger partial charge is 0.203 e. The second-order valence-electron chi connectivity index (χ2n) is 6.37. The number of likely N-dealkylation sites (N-methyl/N-ethyl adjacent to an activating group) is 1. The highest BCUT2D eigenvalue weighted by Crippen LogP contribution is 2.39. The van der Waals surface area contributed by atoms with E-state index in [1.807, 2.05) is 12.1 Å². The standard InChI is InChI=1S/C18H32N2O3/c1-13(2)10-15(20(3)4)12-19-11-14-8-9-16(21-5)18(23-7)17(14)22-6/h8-9,13,15,19H,10-12H2,1-7H3. The molecule has 1 rings (SSSR count). The molecule has 1 aromatic carbocycles. The Morgan fingerprint density at radius 3 is 2.13 bits per heavy atom. The predicted octanol–water partition coefficient (Wildman–Crippen LogP) is 2.78. The largest absolute Gasteiger partial charge is 0.493 e. The molecular weight excluding hydrogens is 292 g/mol. The van der Waals surface area contributed by atoms with Gasteiger partial charge in [-0.05, 0) is 32.5 Å². The van der Waals surface area contributed by atoms with Gasteiger partial charge in [-0.1, -0.05) is 19.9 Å². The van der Waals surface area contributed by atoms with Crippen LogP contribution in [0.25, 0.3) is 0 Å². The summed E-state index contributed by atoms with van der Waals surface area (Å²) in [7, 11) is 9.17. The summed E-state index contributed by atoms with van der Waals surface area (Å²) in [5.74, 6) is 2.73. The van der Waals surface area contributed by atoms with Crippen molar-refractivity contribution in [1.29, 1.82) is 0 Å². The van der Waals surface area contributed by atoms with E-state index in [2.05, 4.69) is 38.2 Å². The van der Waals surface area contributed by atoms with E-state index < -0.39 is 0 Å². The highest BCUT2D eigenvalue weighted by molar-refractivity contribution is 5.55. The maximum Gasteiger partial charge on any atom is 0.203 e. The molecule has 0 heterocycles. The summed E-state index contributed by atoms with van der Waals surface area (Å²) in [6.45, 7) is 6.18. The van der Waals surface area contributed by atoms with Gasteiger partial charge in [0, 0.05) is 24.7 Å². The fourth-order valence-corrected chi connectivity index (χ4v) is 2.70. The van der Waals surface area contributed by atoms with Crippen molar-refractivity contribution in [3.63, 3.8) is 0 Å². The second-order valence-corrected chi connectivity index (χ2v) is 6.37. The molecule has 1 atom stereocenters. The number of benzene rings is 1. The number of methoxy groups -OCH3 is 3. The van der Waals surface area contributed by atoms with Crippen molar-refractivity contribution >= 4 is 0 Å². The van der Waals surface area contributed by atoms with E-state index in [0.717, 1.165) is 24.4 Å². The van der Waals surface area contributed by atoms with Crippen LogP contribution >= 0.6 is 0 Å². The molecule has 23 heavy (non-hydrogen) atoms. The lowest BCUT2D eigenvalue weighted by Crippen LogP contribution is -2.38. The summed E-state index contributed by atoms with van der Waals surface area (Å²) < 4.78 is 16.3. The Hall–Kier alpha value is -1.46. The lowest BCUT2D eigenvalue weighted by molar-refractivity contribution is 0.246. The predicted molar refractivity (Wildman–Crippen MR) is 94.7 cm³/mol. The van der Waals surface area contributed by atoms with Crippen molar-refractivity contribution in [1.82, 2.24) is 10.2 Å². The first-order valence-corrected chi connectivity index (χ1v) is 8.09. The van der Waals surface area contributed by atoms with Gasteiger partial charge in [-0.3, -0.25) is 0 Å². The summed E-state index contributed by atoms with van der Waals surface area (Å²) in [5.41, 5.74) is 1.06. The van der Waals surface area contributed by atoms with E-state index >= 15 is 0 Å². The minimum Gasteiger partial charge on any atom is -0.493 e. The summed E-state index contributed by atoms with van der Waals surface area (Å²) in [6, 6.07) is 4.44. The van der Waals surface area contributed by atoms with Crippen molar-refractivity contribution in [3.05, 3.63) is 17.7 Å². The Morgan fingerprint density at radius 2 is 1.65 bits per heavy atom. The molecule has 0 bridgehead atoms. The minimum absolute atomic E-state index is 0.515. The van der Waals surface area contributed by atoms with Gasteiger partial charge in [0.1, 0.15) is 0 Å². The molecule has 1 unspecified atom stereocenters. The van der Waals surface area contributed by atoms with E-state index in [4.69, 9.17) is 14.2 Å². The molecule has 0 radical (unpaired) electrons. The van der Waals surface area contributed by atoms with E-state index in [-0.39, 0.29) is 0 Å². The molecule has 0 aliphatic rings. The number of nitrogens with one attached hydrogen (secondary N) is 1. The Labute approximate surface area is 140 Å². The van der Waals surface area contributed by atoms with Gasteiger partial charge in [-0.2, -0.15) is 0 Å². The van der Waals surface area contributed by atoms with E-state index in [9.17, 15) is 0 Å². The zero-order valence-electron chi connectivity index (χ0n) is 15.6. The van der Waals surface area contributed by atoms with Crippen LogP contribution in [0.3, 0.4) is 0 Å². The topological polar surface area (TPSA) is 43.0 Å². The molecule has 0 aromatic heterocycles. The first kappa shape index (κ1) is 19.6. The van der Waals surface area contributed by atoms with Crippen molar-refractivity contribution < 1.29 is 14.2 Å². The molecule has 1 aromatic rings. The zero-order valence-corrected chi connectivity index (χ0v) is 15.6. The third kappa shape index (κ3) is 5.59. The second kappa shape index (κ2) is 9.63. The summed E-state index contributed by atoms with van der Waals surface area (Å²) in [5, 5.41) is 3.53. The SMILES string of the molecule is COc1ccc(CNCC(CC(C)C)N(C)C)c(OC)c1OC. The van der Waals surface area contributed by atoms with E-state index in [0.29, 0.717) is 23.5 Å². The Morgan fingerprint density at radius 1 is 1.00 bits per heavy atom. The molecule has 0 aliphatic heterocycles. The molecule has 132 valence electrons. The third-order valence-electron chi connectivity index (χ3n) is 3.95. The lowest BCUT2D eigenvalue weighted by Gasteiger charge is -2.26. The van der Waals surface area contributed by atoms with Crippen LogP contribution in [0.5, 0.6) is 17.2 Å². The van der Waals surface area contributed by atoms with Crippen LogP contribution in [0, 0.1) is 5.92 Å². The summed E-state index contributed by atoms with van der Waals surface area (Å²) >= 11 is 0. The van der Waals surface area contributed by atoms with Crippen molar-refractivity contribution in [2.45, 2.75) is 32.9 Å². The normalized spacial score (nSPS) is 12.6. The number of rotatable bonds is 10. The lowest BCUT2D eigenvalue weighted by atomic mass is 10.0. The highest BCUT2D eigenvalue weighted by Gasteiger charge is 2.17. The van der Waals surface area contributed by atoms with Gasteiger partial charge in [-0.15, -0.1) is 0 Å². The van der Waals surface area contributed by atoms with Crippen molar-refractivity contribution in [2.75, 3.05) is 42.0 Å². The first-order valence-electron chi connectivity index (χ1n) is 8.09. The fraction of sp³-hybridized carbons (Fsp3) is 0.667. The van der Waals surface area contributed by atoms with Crippen LogP contribution < -0.4 is 19.5 Å². The van der Waals surface area contributed by atoms with Crippen LogP contribution in [0.15, 0.2) is 12.1 Å². The molecule has 5 nitrogen and oxygen atoms in total. The Balaban J connectivity index is 2.77. The van der Waals surface area contributed by atoms with Gasteiger partial charge in [0.15, 0.2) is 11.5 Å². The van der Waals surface area contributed by atoms with Gasteiger partial charge in [0.2, 0.25) is 5.75 Å². The highest BCUT2D eigenvalue weighted by atomic mass is 16.5. The van der Waals surface area contributed by atoms with Crippen LogP contribution in [0.2, 0.25) is 0 Å². The zero-order chi connectivity index (χ0) is 17.4. The molecule has 0 saturated heterocycles. The molecule has 0 saturated carbocycles. The molecular formula is C18H32N2O3. The van der Waals surface area contributed by atoms with Gasteiger partial charge in [-0.25, -0.2) is 0 Å². The maximum atomic E-state index is 5.52. The monoisotopic (exact) mass is 324 g/mol. The molecule has 0 amide bonds. The molecule has 0 fully saturated rings. The average Bonchev–Trinajstić information content (AvgIpc) is 2.52. The average molecular weight is 324 g/mol. The van der Waals surface area contributed by atoms with Crippen LogP contribution in [0.4, 0.5) is 0 Å².